The van der Waals surface area contributed by atoms with Crippen LogP contribution in [0.4, 0.5) is 13.2 Å². The minimum absolute atomic E-state index is 0.252. The van der Waals surface area contributed by atoms with Gasteiger partial charge in [0, 0.05) is 12.5 Å². The monoisotopic (exact) mass is 265 g/mol. The molecule has 0 spiro atoms. The second-order valence-corrected chi connectivity index (χ2v) is 5.59. The van der Waals surface area contributed by atoms with Crippen molar-refractivity contribution in [3.8, 4) is 0 Å². The summed E-state index contributed by atoms with van der Waals surface area (Å²) in [6.45, 7) is 0. The van der Waals surface area contributed by atoms with Gasteiger partial charge in [0.15, 0.2) is 0 Å². The molecule has 1 rings (SSSR count). The van der Waals surface area contributed by atoms with E-state index in [-0.39, 0.29) is 12.5 Å². The highest BCUT2D eigenvalue weighted by molar-refractivity contribution is 4.73. The van der Waals surface area contributed by atoms with Gasteiger partial charge in [-0.25, -0.2) is 0 Å². The van der Waals surface area contributed by atoms with E-state index >= 15 is 0 Å². The van der Waals surface area contributed by atoms with Gasteiger partial charge in [0.05, 0.1) is 0 Å². The summed E-state index contributed by atoms with van der Waals surface area (Å²) < 4.78 is 36.3. The van der Waals surface area contributed by atoms with Crippen LogP contribution in [0.5, 0.6) is 0 Å². The van der Waals surface area contributed by atoms with Gasteiger partial charge < -0.3 is 5.32 Å². The van der Waals surface area contributed by atoms with Crippen LogP contribution in [-0.4, -0.2) is 19.3 Å². The SMILES string of the molecule is CNC(CCCC(F)(F)F)CC1CCCCCC1. The standard InChI is InChI=1S/C14H26F3N/c1-18-13(9-6-10-14(15,16)17)11-12-7-4-2-3-5-8-12/h12-13,18H,2-11H2,1H3. The quantitative estimate of drug-likeness (QED) is 0.688. The third kappa shape index (κ3) is 7.24. The van der Waals surface area contributed by atoms with Crippen LogP contribution in [0.2, 0.25) is 0 Å². The Bertz CT molecular complexity index is 208. The maximum Gasteiger partial charge on any atom is 0.389 e. The van der Waals surface area contributed by atoms with Gasteiger partial charge >= 0.3 is 6.18 Å². The molecule has 1 aliphatic carbocycles. The zero-order valence-electron chi connectivity index (χ0n) is 11.4. The molecule has 1 unspecified atom stereocenters. The molecule has 1 aliphatic rings. The lowest BCUT2D eigenvalue weighted by atomic mass is 9.90. The van der Waals surface area contributed by atoms with Crippen LogP contribution >= 0.6 is 0 Å². The molecule has 0 aromatic rings. The van der Waals surface area contributed by atoms with Crippen molar-refractivity contribution in [1.29, 1.82) is 0 Å². The van der Waals surface area contributed by atoms with Crippen LogP contribution in [0.3, 0.4) is 0 Å². The molecule has 0 bridgehead atoms. The van der Waals surface area contributed by atoms with Crippen molar-refractivity contribution in [2.45, 2.75) is 76.4 Å². The van der Waals surface area contributed by atoms with E-state index in [4.69, 9.17) is 0 Å². The number of hydrogen-bond acceptors (Lipinski definition) is 1. The second kappa shape index (κ2) is 8.03. The lowest BCUT2D eigenvalue weighted by Gasteiger charge is -2.22. The van der Waals surface area contributed by atoms with Gasteiger partial charge in [-0.3, -0.25) is 0 Å². The fourth-order valence-corrected chi connectivity index (χ4v) is 2.93. The molecule has 1 saturated carbocycles. The Labute approximate surface area is 109 Å². The zero-order chi connectivity index (χ0) is 13.4. The van der Waals surface area contributed by atoms with Gasteiger partial charge in [-0.15, -0.1) is 0 Å². The molecule has 0 aromatic heterocycles. The van der Waals surface area contributed by atoms with Crippen LogP contribution < -0.4 is 5.32 Å². The van der Waals surface area contributed by atoms with Crippen LogP contribution in [0.15, 0.2) is 0 Å². The fraction of sp³-hybridized carbons (Fsp3) is 1.00. The van der Waals surface area contributed by atoms with E-state index in [0.29, 0.717) is 6.42 Å². The Hall–Kier alpha value is -0.250. The molecule has 18 heavy (non-hydrogen) atoms. The van der Waals surface area contributed by atoms with Crippen LogP contribution in [0.1, 0.15) is 64.2 Å². The smallest absolute Gasteiger partial charge is 0.317 e. The van der Waals surface area contributed by atoms with Gasteiger partial charge in [0.1, 0.15) is 0 Å². The van der Waals surface area contributed by atoms with Crippen molar-refractivity contribution in [3.05, 3.63) is 0 Å². The van der Waals surface area contributed by atoms with E-state index < -0.39 is 12.6 Å². The minimum atomic E-state index is -4.00. The molecule has 0 aromatic carbocycles. The first-order valence-electron chi connectivity index (χ1n) is 7.25. The van der Waals surface area contributed by atoms with Crippen LogP contribution in [-0.2, 0) is 0 Å². The first-order chi connectivity index (χ1) is 8.51. The maximum atomic E-state index is 12.1. The summed E-state index contributed by atoms with van der Waals surface area (Å²) in [5.41, 5.74) is 0. The molecule has 108 valence electrons. The predicted octanol–water partition coefficient (Wildman–Crippen LogP) is 4.67. The van der Waals surface area contributed by atoms with Gasteiger partial charge in [0.2, 0.25) is 0 Å². The molecule has 0 aliphatic heterocycles. The lowest BCUT2D eigenvalue weighted by molar-refractivity contribution is -0.135. The van der Waals surface area contributed by atoms with E-state index in [0.717, 1.165) is 12.3 Å². The zero-order valence-corrected chi connectivity index (χ0v) is 11.4. The van der Waals surface area contributed by atoms with E-state index in [1.165, 1.54) is 38.5 Å². The Morgan fingerprint density at radius 2 is 1.72 bits per heavy atom. The molecule has 0 heterocycles. The molecule has 1 fully saturated rings. The number of halogens is 3. The second-order valence-electron chi connectivity index (χ2n) is 5.59. The summed E-state index contributed by atoms with van der Waals surface area (Å²) in [6, 6.07) is 0.260. The molecule has 0 saturated heterocycles. The van der Waals surface area contributed by atoms with E-state index in [1.807, 2.05) is 7.05 Å². The van der Waals surface area contributed by atoms with Crippen molar-refractivity contribution in [2.75, 3.05) is 7.05 Å². The van der Waals surface area contributed by atoms with E-state index in [9.17, 15) is 13.2 Å². The molecule has 1 N–H and O–H groups in total. The number of alkyl halides is 3. The first-order valence-corrected chi connectivity index (χ1v) is 7.25. The molecule has 0 radical (unpaired) electrons. The Morgan fingerprint density at radius 3 is 2.22 bits per heavy atom. The molecule has 0 amide bonds. The summed E-state index contributed by atoms with van der Waals surface area (Å²) in [6.07, 6.45) is 5.07. The number of nitrogens with one attached hydrogen (secondary N) is 1. The third-order valence-corrected chi connectivity index (χ3v) is 4.01. The predicted molar refractivity (Wildman–Crippen MR) is 68.6 cm³/mol. The van der Waals surface area contributed by atoms with Crippen LogP contribution in [0.25, 0.3) is 0 Å². The van der Waals surface area contributed by atoms with Crippen molar-refractivity contribution < 1.29 is 13.2 Å². The van der Waals surface area contributed by atoms with Crippen molar-refractivity contribution in [3.63, 3.8) is 0 Å². The lowest BCUT2D eigenvalue weighted by Crippen LogP contribution is -2.28. The van der Waals surface area contributed by atoms with Crippen molar-refractivity contribution in [2.24, 2.45) is 5.92 Å². The van der Waals surface area contributed by atoms with E-state index in [2.05, 4.69) is 5.32 Å². The Morgan fingerprint density at radius 1 is 1.11 bits per heavy atom. The average molecular weight is 265 g/mol. The highest BCUT2D eigenvalue weighted by Crippen LogP contribution is 2.28. The summed E-state index contributed by atoms with van der Waals surface area (Å²) in [5.74, 6) is 0.718. The topological polar surface area (TPSA) is 12.0 Å². The minimum Gasteiger partial charge on any atom is -0.317 e. The fourth-order valence-electron chi connectivity index (χ4n) is 2.93. The third-order valence-electron chi connectivity index (χ3n) is 4.01. The van der Waals surface area contributed by atoms with Crippen molar-refractivity contribution >= 4 is 0 Å². The average Bonchev–Trinajstić information content (AvgIpc) is 2.54. The van der Waals surface area contributed by atoms with Gasteiger partial charge in [-0.2, -0.15) is 13.2 Å². The normalized spacial score (nSPS) is 20.7. The summed E-state index contributed by atoms with van der Waals surface area (Å²) in [4.78, 5) is 0. The van der Waals surface area contributed by atoms with Crippen molar-refractivity contribution in [1.82, 2.24) is 5.32 Å². The molecule has 4 heteroatoms. The highest BCUT2D eigenvalue weighted by atomic mass is 19.4. The Kier molecular flexibility index (Phi) is 7.05. The largest absolute Gasteiger partial charge is 0.389 e. The first kappa shape index (κ1) is 15.8. The highest BCUT2D eigenvalue weighted by Gasteiger charge is 2.27. The summed E-state index contributed by atoms with van der Waals surface area (Å²) in [5, 5.41) is 3.19. The van der Waals surface area contributed by atoms with E-state index in [1.54, 1.807) is 0 Å². The summed E-state index contributed by atoms with van der Waals surface area (Å²) >= 11 is 0. The molecular weight excluding hydrogens is 239 g/mol. The Balaban J connectivity index is 2.23. The van der Waals surface area contributed by atoms with Gasteiger partial charge in [-0.1, -0.05) is 38.5 Å². The van der Waals surface area contributed by atoms with Gasteiger partial charge in [-0.05, 0) is 32.2 Å². The number of hydrogen-bond donors (Lipinski definition) is 1. The summed E-state index contributed by atoms with van der Waals surface area (Å²) in [7, 11) is 1.87. The number of rotatable bonds is 6. The molecule has 1 atom stereocenters. The van der Waals surface area contributed by atoms with Crippen LogP contribution in [0, 0.1) is 5.92 Å². The molecule has 1 nitrogen and oxygen atoms in total. The molecular formula is C14H26F3N. The maximum absolute atomic E-state index is 12.1. The van der Waals surface area contributed by atoms with Gasteiger partial charge in [0.25, 0.3) is 0 Å².